The van der Waals surface area contributed by atoms with E-state index in [1.807, 2.05) is 13.8 Å². The Labute approximate surface area is 179 Å². The van der Waals surface area contributed by atoms with Gasteiger partial charge in [0.1, 0.15) is 11.6 Å². The smallest absolute Gasteiger partial charge is 0.226 e. The monoisotopic (exact) mass is 445 g/mol. The second-order valence-electron chi connectivity index (χ2n) is 7.83. The summed E-state index contributed by atoms with van der Waals surface area (Å²) in [6, 6.07) is 6.97. The van der Waals surface area contributed by atoms with E-state index < -0.39 is 27.1 Å². The van der Waals surface area contributed by atoms with E-state index in [0.29, 0.717) is 17.8 Å². The molecule has 0 saturated carbocycles. The van der Waals surface area contributed by atoms with E-state index in [-0.39, 0.29) is 22.3 Å². The number of hydrogen-bond acceptors (Lipinski definition) is 6. The third-order valence-electron chi connectivity index (χ3n) is 5.88. The molecule has 0 bridgehead atoms. The summed E-state index contributed by atoms with van der Waals surface area (Å²) in [6.07, 6.45) is 2.80. The number of sulfonamides is 1. The first kappa shape index (κ1) is 21.4. The van der Waals surface area contributed by atoms with Crippen molar-refractivity contribution < 1.29 is 17.2 Å². The highest BCUT2D eigenvalue weighted by Crippen LogP contribution is 2.45. The second-order valence-corrected chi connectivity index (χ2v) is 9.61. The van der Waals surface area contributed by atoms with Crippen molar-refractivity contribution in [3.63, 3.8) is 0 Å². The van der Waals surface area contributed by atoms with E-state index in [1.165, 1.54) is 31.4 Å². The summed E-state index contributed by atoms with van der Waals surface area (Å²) >= 11 is 0. The molecule has 2 aromatic heterocycles. The predicted octanol–water partition coefficient (Wildman–Crippen LogP) is 3.32. The SMILES string of the molecule is CNS(=O)(=O)c1nccc([C@]2(C)CC[C@@H](C)c3cc(-c4c(F)cccc4F)nnc32)n1. The van der Waals surface area contributed by atoms with Crippen LogP contribution >= 0.6 is 0 Å². The van der Waals surface area contributed by atoms with Gasteiger partial charge in [0.25, 0.3) is 15.2 Å². The lowest BCUT2D eigenvalue weighted by Crippen LogP contribution is -2.34. The summed E-state index contributed by atoms with van der Waals surface area (Å²) in [6.45, 7) is 3.92. The topological polar surface area (TPSA) is 97.7 Å². The molecule has 1 aliphatic carbocycles. The highest BCUT2D eigenvalue weighted by Gasteiger charge is 2.40. The first-order chi connectivity index (χ1) is 14.7. The number of fused-ring (bicyclic) bond motifs is 1. The number of benzene rings is 1. The molecule has 4 rings (SSSR count). The van der Waals surface area contributed by atoms with Crippen LogP contribution in [0.4, 0.5) is 8.78 Å². The van der Waals surface area contributed by atoms with Gasteiger partial charge >= 0.3 is 0 Å². The molecule has 31 heavy (non-hydrogen) atoms. The minimum Gasteiger partial charge on any atom is -0.226 e. The fraction of sp³-hybridized carbons (Fsp3) is 0.333. The van der Waals surface area contributed by atoms with E-state index >= 15 is 0 Å². The van der Waals surface area contributed by atoms with Crippen molar-refractivity contribution in [2.75, 3.05) is 7.05 Å². The van der Waals surface area contributed by atoms with E-state index in [9.17, 15) is 17.2 Å². The van der Waals surface area contributed by atoms with Gasteiger partial charge in [0.2, 0.25) is 0 Å². The van der Waals surface area contributed by atoms with Crippen LogP contribution in [0.25, 0.3) is 11.3 Å². The maximum Gasteiger partial charge on any atom is 0.276 e. The van der Waals surface area contributed by atoms with Crippen molar-refractivity contribution >= 4 is 10.0 Å². The Bertz CT molecular complexity index is 1250. The van der Waals surface area contributed by atoms with Crippen molar-refractivity contribution in [1.29, 1.82) is 0 Å². The highest BCUT2D eigenvalue weighted by molar-refractivity contribution is 7.89. The largest absolute Gasteiger partial charge is 0.276 e. The summed E-state index contributed by atoms with van der Waals surface area (Å²) in [7, 11) is -2.53. The Kier molecular flexibility index (Phi) is 5.30. The average Bonchev–Trinajstić information content (AvgIpc) is 2.76. The van der Waals surface area contributed by atoms with Gasteiger partial charge in [-0.05, 0) is 62.6 Å². The molecule has 0 unspecified atom stereocenters. The first-order valence-electron chi connectivity index (χ1n) is 9.77. The number of rotatable bonds is 4. The molecule has 2 heterocycles. The zero-order valence-electron chi connectivity index (χ0n) is 17.2. The van der Waals surface area contributed by atoms with Crippen molar-refractivity contribution in [1.82, 2.24) is 24.9 Å². The molecule has 0 fully saturated rings. The van der Waals surface area contributed by atoms with Crippen molar-refractivity contribution in [2.45, 2.75) is 43.2 Å². The van der Waals surface area contributed by atoms with Gasteiger partial charge in [-0.15, -0.1) is 5.10 Å². The average molecular weight is 445 g/mol. The van der Waals surface area contributed by atoms with E-state index in [2.05, 4.69) is 24.9 Å². The third kappa shape index (κ3) is 3.59. The fourth-order valence-electron chi connectivity index (χ4n) is 3.97. The van der Waals surface area contributed by atoms with Crippen LogP contribution < -0.4 is 4.72 Å². The molecule has 0 saturated heterocycles. The van der Waals surface area contributed by atoms with Crippen molar-refractivity contribution in [3.8, 4) is 11.3 Å². The third-order valence-corrected chi connectivity index (χ3v) is 7.10. The maximum absolute atomic E-state index is 14.3. The van der Waals surface area contributed by atoms with E-state index in [0.717, 1.165) is 12.0 Å². The van der Waals surface area contributed by atoms with Crippen LogP contribution in [0.1, 0.15) is 49.6 Å². The molecule has 0 radical (unpaired) electrons. The normalized spacial score (nSPS) is 21.0. The van der Waals surface area contributed by atoms with Crippen molar-refractivity contribution in [2.24, 2.45) is 0 Å². The standard InChI is InChI=1S/C21H21F2N5O2S/c1-12-7-9-21(2,17-8-10-25-20(26-17)31(29,30)24-3)19-13(12)11-16(27-28-19)18-14(22)5-4-6-15(18)23/h4-6,8,10-12,24H,7,9H2,1-3H3/t12-,21+/m1/s1. The molecule has 2 atom stereocenters. The van der Waals surface area contributed by atoms with Gasteiger partial charge < -0.3 is 0 Å². The lowest BCUT2D eigenvalue weighted by Gasteiger charge is -2.36. The summed E-state index contributed by atoms with van der Waals surface area (Å²) in [5, 5.41) is 8.16. The molecule has 10 heteroatoms. The minimum absolute atomic E-state index is 0.0782. The molecular weight excluding hydrogens is 424 g/mol. The summed E-state index contributed by atoms with van der Waals surface area (Å²) in [5.41, 5.74) is 1.07. The molecule has 0 amide bonds. The second kappa shape index (κ2) is 7.69. The highest BCUT2D eigenvalue weighted by atomic mass is 32.2. The van der Waals surface area contributed by atoms with Gasteiger partial charge in [0.05, 0.1) is 28.1 Å². The summed E-state index contributed by atoms with van der Waals surface area (Å²) in [5.74, 6) is -1.34. The quantitative estimate of drug-likeness (QED) is 0.619. The van der Waals surface area contributed by atoms with Crippen LogP contribution in [-0.2, 0) is 15.4 Å². The number of aromatic nitrogens is 4. The predicted molar refractivity (Wildman–Crippen MR) is 110 cm³/mol. The van der Waals surface area contributed by atoms with Crippen LogP contribution in [-0.4, -0.2) is 35.6 Å². The van der Waals surface area contributed by atoms with Gasteiger partial charge in [-0.25, -0.2) is 31.9 Å². The maximum atomic E-state index is 14.3. The lowest BCUT2D eigenvalue weighted by atomic mass is 9.69. The molecule has 0 aliphatic heterocycles. The lowest BCUT2D eigenvalue weighted by molar-refractivity contribution is 0.401. The first-order valence-corrected chi connectivity index (χ1v) is 11.3. The van der Waals surface area contributed by atoms with Gasteiger partial charge in [-0.2, -0.15) is 5.10 Å². The zero-order chi connectivity index (χ0) is 22.4. The molecule has 3 aromatic rings. The Morgan fingerprint density at radius 3 is 2.55 bits per heavy atom. The van der Waals surface area contributed by atoms with Crippen LogP contribution in [0, 0.1) is 11.6 Å². The van der Waals surface area contributed by atoms with Crippen molar-refractivity contribution in [3.05, 3.63) is 65.1 Å². The number of nitrogens with one attached hydrogen (secondary N) is 1. The molecule has 1 aromatic carbocycles. The molecular formula is C21H21F2N5O2S. The number of halogens is 2. The Balaban J connectivity index is 1.87. The Morgan fingerprint density at radius 1 is 1.16 bits per heavy atom. The zero-order valence-corrected chi connectivity index (χ0v) is 18.0. The molecule has 1 N–H and O–H groups in total. The Morgan fingerprint density at radius 2 is 1.87 bits per heavy atom. The Hall–Kier alpha value is -2.85. The molecule has 7 nitrogen and oxygen atoms in total. The van der Waals surface area contributed by atoms with E-state index in [1.54, 1.807) is 12.1 Å². The molecule has 162 valence electrons. The summed E-state index contributed by atoms with van der Waals surface area (Å²) < 4.78 is 55.1. The molecule has 1 aliphatic rings. The van der Waals surface area contributed by atoms with Gasteiger partial charge in [0, 0.05) is 6.20 Å². The minimum atomic E-state index is -3.82. The van der Waals surface area contributed by atoms with Crippen LogP contribution in [0.2, 0.25) is 0 Å². The molecule has 0 spiro atoms. The number of hydrogen-bond donors (Lipinski definition) is 1. The summed E-state index contributed by atoms with van der Waals surface area (Å²) in [4.78, 5) is 8.17. The van der Waals surface area contributed by atoms with Gasteiger partial charge in [-0.3, -0.25) is 0 Å². The van der Waals surface area contributed by atoms with Crippen LogP contribution in [0.5, 0.6) is 0 Å². The van der Waals surface area contributed by atoms with Crippen LogP contribution in [0.3, 0.4) is 0 Å². The number of nitrogens with zero attached hydrogens (tertiary/aromatic N) is 4. The fourth-order valence-corrected chi connectivity index (χ4v) is 4.57. The van der Waals surface area contributed by atoms with E-state index in [4.69, 9.17) is 0 Å². The van der Waals surface area contributed by atoms with Crippen LogP contribution in [0.15, 0.2) is 41.7 Å². The van der Waals surface area contributed by atoms with Gasteiger partial charge in [0.15, 0.2) is 0 Å². The van der Waals surface area contributed by atoms with Gasteiger partial charge in [-0.1, -0.05) is 13.0 Å².